The first-order valence-electron chi connectivity index (χ1n) is 6.84. The van der Waals surface area contributed by atoms with Gasteiger partial charge in [0.05, 0.1) is 22.1 Å². The number of fused-ring (bicyclic) bond motifs is 4. The minimum Gasteiger partial charge on any atom is -0.376 e. The zero-order valence-electron chi connectivity index (χ0n) is 12.1. The largest absolute Gasteiger partial charge is 0.376 e. The van der Waals surface area contributed by atoms with Gasteiger partial charge in [-0.1, -0.05) is 24.3 Å². The number of nitrogens with one attached hydrogen (secondary N) is 2. The average Bonchev–Trinajstić information content (AvgIpc) is 3.00. The molecule has 3 aromatic carbocycles. The van der Waals surface area contributed by atoms with Gasteiger partial charge in [0.25, 0.3) is 0 Å². The SMILES string of the molecule is CN(C)c1cc2c(=O)c3ccccc3c(=O)c2c2[nH]s[nH]c12. The Labute approximate surface area is 129 Å². The van der Waals surface area contributed by atoms with Crippen molar-refractivity contribution in [3.05, 3.63) is 50.8 Å². The molecule has 6 heteroatoms. The number of H-pyrrole nitrogens is 2. The van der Waals surface area contributed by atoms with E-state index >= 15 is 0 Å². The number of nitrogens with zero attached hydrogens (tertiary/aromatic N) is 1. The van der Waals surface area contributed by atoms with Crippen LogP contribution in [-0.2, 0) is 0 Å². The molecule has 1 heterocycles. The van der Waals surface area contributed by atoms with Crippen LogP contribution in [-0.4, -0.2) is 22.8 Å². The third-order valence-electron chi connectivity index (χ3n) is 3.98. The zero-order valence-corrected chi connectivity index (χ0v) is 12.9. The summed E-state index contributed by atoms with van der Waals surface area (Å²) in [4.78, 5) is 27.6. The maximum Gasteiger partial charge on any atom is 0.196 e. The maximum absolute atomic E-state index is 12.9. The van der Waals surface area contributed by atoms with E-state index in [1.54, 1.807) is 30.3 Å². The van der Waals surface area contributed by atoms with Crippen LogP contribution in [0.4, 0.5) is 5.69 Å². The van der Waals surface area contributed by atoms with Gasteiger partial charge in [0.2, 0.25) is 0 Å². The fraction of sp³-hybridized carbons (Fsp3) is 0.125. The molecule has 0 aliphatic heterocycles. The molecule has 4 rings (SSSR count). The summed E-state index contributed by atoms with van der Waals surface area (Å²) in [6, 6.07) is 8.78. The quantitative estimate of drug-likeness (QED) is 0.531. The Hall–Kier alpha value is -2.60. The first kappa shape index (κ1) is 13.1. The molecule has 0 saturated carbocycles. The van der Waals surface area contributed by atoms with Gasteiger partial charge in [-0.2, -0.15) is 0 Å². The number of hydrogen-bond donors (Lipinski definition) is 2. The second-order valence-corrected chi connectivity index (χ2v) is 6.09. The van der Waals surface area contributed by atoms with Gasteiger partial charge in [-0.05, 0) is 6.07 Å². The number of aromatic amines is 2. The second kappa shape index (κ2) is 4.45. The van der Waals surface area contributed by atoms with Gasteiger partial charge >= 0.3 is 0 Å². The summed E-state index contributed by atoms with van der Waals surface area (Å²) in [5.41, 5.74) is 2.21. The monoisotopic (exact) mass is 311 g/mol. The van der Waals surface area contributed by atoms with Gasteiger partial charge in [0, 0.05) is 42.0 Å². The number of benzene rings is 3. The lowest BCUT2D eigenvalue weighted by atomic mass is 10.00. The number of rotatable bonds is 1. The molecule has 5 nitrogen and oxygen atoms in total. The lowest BCUT2D eigenvalue weighted by Crippen LogP contribution is -2.15. The van der Waals surface area contributed by atoms with Crippen molar-refractivity contribution >= 4 is 50.0 Å². The number of anilines is 1. The molecule has 0 atom stereocenters. The highest BCUT2D eigenvalue weighted by Gasteiger charge is 2.17. The van der Waals surface area contributed by atoms with E-state index in [-0.39, 0.29) is 10.9 Å². The molecule has 0 bridgehead atoms. The fourth-order valence-corrected chi connectivity index (χ4v) is 3.59. The summed E-state index contributed by atoms with van der Waals surface area (Å²) in [5, 5.41) is 1.87. The van der Waals surface area contributed by atoms with Gasteiger partial charge in [-0.3, -0.25) is 18.3 Å². The van der Waals surface area contributed by atoms with E-state index in [2.05, 4.69) is 8.75 Å². The molecule has 0 saturated heterocycles. The van der Waals surface area contributed by atoms with E-state index < -0.39 is 0 Å². The summed E-state index contributed by atoms with van der Waals surface area (Å²) >= 11 is 1.30. The summed E-state index contributed by atoms with van der Waals surface area (Å²) in [6.45, 7) is 0. The minimum absolute atomic E-state index is 0.102. The molecule has 2 N–H and O–H groups in total. The van der Waals surface area contributed by atoms with E-state index in [9.17, 15) is 9.59 Å². The summed E-state index contributed by atoms with van der Waals surface area (Å²) in [7, 11) is 3.82. The lowest BCUT2D eigenvalue weighted by Gasteiger charge is -2.14. The van der Waals surface area contributed by atoms with E-state index in [0.717, 1.165) is 11.2 Å². The number of aromatic nitrogens is 2. The normalized spacial score (nSPS) is 11.5. The highest BCUT2D eigenvalue weighted by Crippen LogP contribution is 2.30. The second-order valence-electron chi connectivity index (χ2n) is 5.47. The highest BCUT2D eigenvalue weighted by atomic mass is 32.1. The van der Waals surface area contributed by atoms with Crippen molar-refractivity contribution in [3.8, 4) is 0 Å². The Morgan fingerprint density at radius 1 is 0.909 bits per heavy atom. The predicted molar refractivity (Wildman–Crippen MR) is 92.4 cm³/mol. The molecule has 110 valence electrons. The van der Waals surface area contributed by atoms with Crippen molar-refractivity contribution in [1.29, 1.82) is 0 Å². The molecule has 0 amide bonds. The van der Waals surface area contributed by atoms with Crippen LogP contribution in [0.2, 0.25) is 0 Å². The smallest absolute Gasteiger partial charge is 0.196 e. The Bertz CT molecular complexity index is 1150. The molecular formula is C16H13N3O2S. The average molecular weight is 311 g/mol. The van der Waals surface area contributed by atoms with Crippen LogP contribution in [0.5, 0.6) is 0 Å². The Balaban J connectivity index is 2.40. The summed E-state index contributed by atoms with van der Waals surface area (Å²) < 4.78 is 6.27. The molecule has 4 aromatic rings. The van der Waals surface area contributed by atoms with Gasteiger partial charge in [0.1, 0.15) is 0 Å². The zero-order chi connectivity index (χ0) is 15.4. The van der Waals surface area contributed by atoms with E-state index in [1.165, 1.54) is 11.7 Å². The third-order valence-corrected chi connectivity index (χ3v) is 4.59. The van der Waals surface area contributed by atoms with Crippen molar-refractivity contribution in [1.82, 2.24) is 8.75 Å². The maximum atomic E-state index is 12.9. The molecule has 0 aliphatic carbocycles. The van der Waals surface area contributed by atoms with Crippen LogP contribution >= 0.6 is 11.7 Å². The first-order chi connectivity index (χ1) is 10.6. The molecule has 22 heavy (non-hydrogen) atoms. The fourth-order valence-electron chi connectivity index (χ4n) is 2.93. The van der Waals surface area contributed by atoms with Gasteiger partial charge in [-0.15, -0.1) is 0 Å². The van der Waals surface area contributed by atoms with Gasteiger partial charge in [0.15, 0.2) is 10.9 Å². The molecule has 1 aromatic heterocycles. The topological polar surface area (TPSA) is 69.0 Å². The van der Waals surface area contributed by atoms with E-state index in [4.69, 9.17) is 0 Å². The van der Waals surface area contributed by atoms with Crippen LogP contribution in [0.1, 0.15) is 0 Å². The van der Waals surface area contributed by atoms with Crippen LogP contribution in [0.15, 0.2) is 39.9 Å². The van der Waals surface area contributed by atoms with E-state index in [1.807, 2.05) is 19.0 Å². The van der Waals surface area contributed by atoms with Crippen molar-refractivity contribution < 1.29 is 0 Å². The Morgan fingerprint density at radius 3 is 2.23 bits per heavy atom. The highest BCUT2D eigenvalue weighted by molar-refractivity contribution is 7.00. The third kappa shape index (κ3) is 1.58. The van der Waals surface area contributed by atoms with Crippen molar-refractivity contribution in [2.45, 2.75) is 0 Å². The summed E-state index contributed by atoms with van der Waals surface area (Å²) in [6.07, 6.45) is 0. The molecular weight excluding hydrogens is 298 g/mol. The minimum atomic E-state index is -0.108. The van der Waals surface area contributed by atoms with Crippen molar-refractivity contribution in [2.24, 2.45) is 0 Å². The van der Waals surface area contributed by atoms with Crippen LogP contribution in [0.3, 0.4) is 0 Å². The molecule has 0 spiro atoms. The standard InChI is InChI=1S/C16H13N3O2S/c1-19(2)11-7-10-12(14-13(11)17-22-18-14)16(21)9-6-4-3-5-8(9)15(10)20/h3-7,17-18H,1-2H3. The lowest BCUT2D eigenvalue weighted by molar-refractivity contribution is 1.14. The molecule has 0 aliphatic rings. The van der Waals surface area contributed by atoms with Gasteiger partial charge < -0.3 is 4.90 Å². The Kier molecular flexibility index (Phi) is 2.65. The van der Waals surface area contributed by atoms with Crippen molar-refractivity contribution in [3.63, 3.8) is 0 Å². The molecule has 0 fully saturated rings. The van der Waals surface area contributed by atoms with E-state index in [0.29, 0.717) is 27.1 Å². The Morgan fingerprint density at radius 2 is 1.55 bits per heavy atom. The van der Waals surface area contributed by atoms with Crippen LogP contribution in [0.25, 0.3) is 32.6 Å². The van der Waals surface area contributed by atoms with Crippen LogP contribution in [0, 0.1) is 0 Å². The number of hydrogen-bond acceptors (Lipinski definition) is 4. The van der Waals surface area contributed by atoms with Crippen LogP contribution < -0.4 is 15.8 Å². The predicted octanol–water partition coefficient (Wildman–Crippen LogP) is 2.65. The first-order valence-corrected chi connectivity index (χ1v) is 7.66. The summed E-state index contributed by atoms with van der Waals surface area (Å²) in [5.74, 6) is 0. The van der Waals surface area contributed by atoms with Gasteiger partial charge in [-0.25, -0.2) is 0 Å². The molecule has 0 unspecified atom stereocenters. The van der Waals surface area contributed by atoms with Crippen molar-refractivity contribution in [2.75, 3.05) is 19.0 Å². The molecule has 0 radical (unpaired) electrons.